The summed E-state index contributed by atoms with van der Waals surface area (Å²) in [6, 6.07) is 4.56. The van der Waals surface area contributed by atoms with Crippen molar-refractivity contribution in [3.63, 3.8) is 0 Å². The number of ether oxygens (including phenoxy) is 2. The second-order valence-electron chi connectivity index (χ2n) is 3.63. The van der Waals surface area contributed by atoms with Gasteiger partial charge in [-0.1, -0.05) is 11.6 Å². The van der Waals surface area contributed by atoms with Crippen molar-refractivity contribution < 1.29 is 19.1 Å². The predicted molar refractivity (Wildman–Crippen MR) is 63.6 cm³/mol. The minimum absolute atomic E-state index is 0.181. The summed E-state index contributed by atoms with van der Waals surface area (Å²) in [4.78, 5) is 21.7. The van der Waals surface area contributed by atoms with E-state index in [1.807, 2.05) is 0 Å². The molecule has 0 heterocycles. The molecular weight excluding hydrogens is 244 g/mol. The topological polar surface area (TPSA) is 52.6 Å². The summed E-state index contributed by atoms with van der Waals surface area (Å²) in [6.07, 6.45) is 0.502. The van der Waals surface area contributed by atoms with Crippen molar-refractivity contribution in [2.45, 2.75) is 20.0 Å². The fraction of sp³-hybridized carbons (Fsp3) is 0.333. The molecule has 0 aliphatic carbocycles. The van der Waals surface area contributed by atoms with Crippen molar-refractivity contribution in [2.75, 3.05) is 6.61 Å². The highest BCUT2D eigenvalue weighted by atomic mass is 35.5. The highest BCUT2D eigenvalue weighted by molar-refractivity contribution is 6.32. The summed E-state index contributed by atoms with van der Waals surface area (Å²) in [7, 11) is 0. The Balaban J connectivity index is 2.57. The van der Waals surface area contributed by atoms with Crippen LogP contribution in [0, 0.1) is 0 Å². The molecule has 5 heteroatoms. The number of benzene rings is 1. The standard InChI is InChI=1S/C12H13ClO4/c1-8(2)17-12(15)7-16-11-4-3-9(6-14)5-10(11)13/h3-6,8H,7H2,1-2H3. The summed E-state index contributed by atoms with van der Waals surface area (Å²) >= 11 is 5.86. The number of aldehydes is 1. The van der Waals surface area contributed by atoms with Gasteiger partial charge in [0.25, 0.3) is 0 Å². The van der Waals surface area contributed by atoms with Crippen molar-refractivity contribution in [3.8, 4) is 5.75 Å². The lowest BCUT2D eigenvalue weighted by Crippen LogP contribution is -2.18. The van der Waals surface area contributed by atoms with Gasteiger partial charge in [-0.2, -0.15) is 0 Å². The maximum atomic E-state index is 11.2. The van der Waals surface area contributed by atoms with Gasteiger partial charge >= 0.3 is 5.97 Å². The lowest BCUT2D eigenvalue weighted by Gasteiger charge is -2.10. The summed E-state index contributed by atoms with van der Waals surface area (Å²) in [5, 5.41) is 0.284. The van der Waals surface area contributed by atoms with E-state index in [4.69, 9.17) is 21.1 Å². The monoisotopic (exact) mass is 256 g/mol. The highest BCUT2D eigenvalue weighted by Gasteiger charge is 2.08. The number of halogens is 1. The van der Waals surface area contributed by atoms with E-state index in [-0.39, 0.29) is 17.7 Å². The van der Waals surface area contributed by atoms with Crippen LogP contribution in [0.2, 0.25) is 5.02 Å². The molecule has 4 nitrogen and oxygen atoms in total. The Labute approximate surface area is 104 Å². The van der Waals surface area contributed by atoms with Gasteiger partial charge in [-0.05, 0) is 32.0 Å². The third-order valence-corrected chi connectivity index (χ3v) is 2.10. The Morgan fingerprint density at radius 3 is 2.71 bits per heavy atom. The van der Waals surface area contributed by atoms with Gasteiger partial charge in [0.05, 0.1) is 11.1 Å². The normalized spacial score (nSPS) is 10.1. The van der Waals surface area contributed by atoms with Gasteiger partial charge in [-0.15, -0.1) is 0 Å². The van der Waals surface area contributed by atoms with Crippen molar-refractivity contribution >= 4 is 23.9 Å². The van der Waals surface area contributed by atoms with Crippen molar-refractivity contribution in [2.24, 2.45) is 0 Å². The van der Waals surface area contributed by atoms with Crippen LogP contribution >= 0.6 is 11.6 Å². The van der Waals surface area contributed by atoms with Gasteiger partial charge in [0.1, 0.15) is 12.0 Å². The first-order valence-corrected chi connectivity index (χ1v) is 5.47. The van der Waals surface area contributed by atoms with Crippen LogP contribution in [0.1, 0.15) is 24.2 Å². The molecule has 0 atom stereocenters. The maximum Gasteiger partial charge on any atom is 0.344 e. The van der Waals surface area contributed by atoms with Crippen LogP contribution in [-0.4, -0.2) is 25.0 Å². The minimum Gasteiger partial charge on any atom is -0.480 e. The Kier molecular flexibility index (Phi) is 4.97. The molecule has 17 heavy (non-hydrogen) atoms. The molecule has 0 aromatic heterocycles. The fourth-order valence-electron chi connectivity index (χ4n) is 1.14. The van der Waals surface area contributed by atoms with Gasteiger partial charge in [0.15, 0.2) is 6.61 Å². The van der Waals surface area contributed by atoms with Crippen molar-refractivity contribution in [1.82, 2.24) is 0 Å². The van der Waals surface area contributed by atoms with Gasteiger partial charge in [-0.3, -0.25) is 4.79 Å². The molecule has 1 aromatic carbocycles. The Morgan fingerprint density at radius 2 is 2.18 bits per heavy atom. The Bertz CT molecular complexity index is 415. The van der Waals surface area contributed by atoms with Gasteiger partial charge in [0, 0.05) is 5.56 Å². The molecule has 0 fully saturated rings. The van der Waals surface area contributed by atoms with Crippen LogP contribution in [0.5, 0.6) is 5.75 Å². The molecule has 0 amide bonds. The van der Waals surface area contributed by atoms with Crippen LogP contribution in [0.25, 0.3) is 0 Å². The maximum absolute atomic E-state index is 11.2. The lowest BCUT2D eigenvalue weighted by atomic mass is 10.2. The average molecular weight is 257 g/mol. The Morgan fingerprint density at radius 1 is 1.47 bits per heavy atom. The van der Waals surface area contributed by atoms with Gasteiger partial charge < -0.3 is 9.47 Å². The van der Waals surface area contributed by atoms with Gasteiger partial charge in [-0.25, -0.2) is 4.79 Å². The van der Waals surface area contributed by atoms with Crippen LogP contribution in [0.15, 0.2) is 18.2 Å². The van der Waals surface area contributed by atoms with Gasteiger partial charge in [0.2, 0.25) is 0 Å². The Hall–Kier alpha value is -1.55. The van der Waals surface area contributed by atoms with E-state index in [1.54, 1.807) is 19.9 Å². The number of hydrogen-bond donors (Lipinski definition) is 0. The molecule has 0 N–H and O–H groups in total. The molecule has 0 unspecified atom stereocenters. The molecular formula is C12H13ClO4. The largest absolute Gasteiger partial charge is 0.480 e. The fourth-order valence-corrected chi connectivity index (χ4v) is 1.38. The number of carbonyl (C=O) groups excluding carboxylic acids is 2. The highest BCUT2D eigenvalue weighted by Crippen LogP contribution is 2.24. The third-order valence-electron chi connectivity index (χ3n) is 1.80. The van der Waals surface area contributed by atoms with E-state index < -0.39 is 5.97 Å². The number of esters is 1. The number of hydrogen-bond acceptors (Lipinski definition) is 4. The van der Waals surface area contributed by atoms with E-state index in [2.05, 4.69) is 0 Å². The summed E-state index contributed by atoms with van der Waals surface area (Å²) in [5.41, 5.74) is 0.451. The minimum atomic E-state index is -0.462. The second-order valence-corrected chi connectivity index (χ2v) is 4.04. The molecule has 92 valence electrons. The van der Waals surface area contributed by atoms with Crippen LogP contribution in [0.4, 0.5) is 0 Å². The zero-order valence-electron chi connectivity index (χ0n) is 9.60. The summed E-state index contributed by atoms with van der Waals surface area (Å²) in [6.45, 7) is 3.30. The average Bonchev–Trinajstić information content (AvgIpc) is 2.26. The zero-order chi connectivity index (χ0) is 12.8. The quantitative estimate of drug-likeness (QED) is 0.600. The SMILES string of the molecule is CC(C)OC(=O)COc1ccc(C=O)cc1Cl. The molecule has 0 bridgehead atoms. The van der Waals surface area contributed by atoms with E-state index in [1.165, 1.54) is 12.1 Å². The molecule has 1 rings (SSSR count). The molecule has 0 saturated carbocycles. The molecule has 1 aromatic rings. The number of carbonyl (C=O) groups is 2. The number of rotatable bonds is 5. The van der Waals surface area contributed by atoms with Crippen LogP contribution < -0.4 is 4.74 Å². The third kappa shape index (κ3) is 4.44. The molecule has 0 saturated heterocycles. The second kappa shape index (κ2) is 6.25. The zero-order valence-corrected chi connectivity index (χ0v) is 10.4. The smallest absolute Gasteiger partial charge is 0.344 e. The molecule has 0 spiro atoms. The van der Waals surface area contributed by atoms with Crippen LogP contribution in [-0.2, 0) is 9.53 Å². The van der Waals surface area contributed by atoms with Crippen molar-refractivity contribution in [3.05, 3.63) is 28.8 Å². The summed E-state index contributed by atoms with van der Waals surface area (Å²) in [5.74, 6) is -0.117. The van der Waals surface area contributed by atoms with E-state index in [0.29, 0.717) is 17.6 Å². The van der Waals surface area contributed by atoms with Crippen LogP contribution in [0.3, 0.4) is 0 Å². The van der Waals surface area contributed by atoms with E-state index in [9.17, 15) is 9.59 Å². The first-order chi connectivity index (χ1) is 8.02. The molecule has 0 aliphatic rings. The first-order valence-electron chi connectivity index (χ1n) is 5.10. The van der Waals surface area contributed by atoms with E-state index in [0.717, 1.165) is 0 Å². The van der Waals surface area contributed by atoms with E-state index >= 15 is 0 Å². The first kappa shape index (κ1) is 13.5. The lowest BCUT2D eigenvalue weighted by molar-refractivity contribution is -0.149. The molecule has 0 radical (unpaired) electrons. The van der Waals surface area contributed by atoms with Crippen molar-refractivity contribution in [1.29, 1.82) is 0 Å². The predicted octanol–water partition coefficient (Wildman–Crippen LogP) is 2.48. The summed E-state index contributed by atoms with van der Waals surface area (Å²) < 4.78 is 10.1. The molecule has 0 aliphatic heterocycles.